The van der Waals surface area contributed by atoms with E-state index in [0.717, 1.165) is 12.8 Å². The number of hydrogen-bond acceptors (Lipinski definition) is 3. The van der Waals surface area contributed by atoms with Crippen LogP contribution in [0.25, 0.3) is 0 Å². The van der Waals surface area contributed by atoms with Crippen molar-refractivity contribution in [2.75, 3.05) is 0 Å². The highest BCUT2D eigenvalue weighted by atomic mass is 32.2. The van der Waals surface area contributed by atoms with Gasteiger partial charge in [-0.2, -0.15) is 0 Å². The highest BCUT2D eigenvalue weighted by Crippen LogP contribution is 2.23. The molecule has 0 saturated heterocycles. The third-order valence-corrected chi connectivity index (χ3v) is 5.75. The fraction of sp³-hybridized carbons (Fsp3) is 0.947. The minimum Gasteiger partial charge on any atom is -0.321 e. The zero-order valence-corrected chi connectivity index (χ0v) is 16.1. The lowest BCUT2D eigenvalue weighted by Crippen LogP contribution is -2.25. The molecule has 0 rings (SSSR count). The SMILES string of the molecule is CCCCCCCCCCCCCC(CC)SC(=O)[C@H](C)N. The Morgan fingerprint density at radius 3 is 1.73 bits per heavy atom. The fourth-order valence-corrected chi connectivity index (χ4v) is 3.65. The standard InChI is InChI=1S/C19H39NOS/c1-4-6-7-8-9-10-11-12-13-14-15-16-18(5-2)22-19(21)17(3)20/h17-18H,4-16,20H2,1-3H3/t17-,18?/m0/s1. The number of thioether (sulfide) groups is 1. The van der Waals surface area contributed by atoms with E-state index in [1.165, 1.54) is 82.4 Å². The predicted octanol–water partition coefficient (Wildman–Crippen LogP) is 6.07. The van der Waals surface area contributed by atoms with E-state index in [2.05, 4.69) is 13.8 Å². The van der Waals surface area contributed by atoms with Crippen LogP contribution in [-0.2, 0) is 4.79 Å². The molecule has 0 spiro atoms. The maximum atomic E-state index is 11.7. The monoisotopic (exact) mass is 329 g/mol. The first-order chi connectivity index (χ1) is 10.6. The van der Waals surface area contributed by atoms with Crippen molar-refractivity contribution in [2.45, 2.75) is 116 Å². The lowest BCUT2D eigenvalue weighted by molar-refractivity contribution is -0.111. The van der Waals surface area contributed by atoms with E-state index in [4.69, 9.17) is 5.73 Å². The Kier molecular flexibility index (Phi) is 15.8. The normalized spacial score (nSPS) is 14.0. The van der Waals surface area contributed by atoms with Crippen molar-refractivity contribution in [1.29, 1.82) is 0 Å². The summed E-state index contributed by atoms with van der Waals surface area (Å²) in [6.45, 7) is 6.23. The van der Waals surface area contributed by atoms with Gasteiger partial charge in [0.1, 0.15) is 0 Å². The molecule has 0 aromatic rings. The van der Waals surface area contributed by atoms with Crippen LogP contribution in [0, 0.1) is 0 Å². The highest BCUT2D eigenvalue weighted by Gasteiger charge is 2.15. The second-order valence-corrected chi connectivity index (χ2v) is 7.88. The summed E-state index contributed by atoms with van der Waals surface area (Å²) in [6, 6.07) is -0.323. The number of nitrogens with two attached hydrogens (primary N) is 1. The Balaban J connectivity index is 3.38. The third-order valence-electron chi connectivity index (χ3n) is 4.24. The van der Waals surface area contributed by atoms with Gasteiger partial charge in [0.05, 0.1) is 6.04 Å². The summed E-state index contributed by atoms with van der Waals surface area (Å²) in [5.74, 6) is 0. The molecule has 0 aliphatic carbocycles. The van der Waals surface area contributed by atoms with Crippen molar-refractivity contribution < 1.29 is 4.79 Å². The van der Waals surface area contributed by atoms with E-state index in [9.17, 15) is 4.79 Å². The zero-order valence-electron chi connectivity index (χ0n) is 15.2. The van der Waals surface area contributed by atoms with Crippen LogP contribution in [0.4, 0.5) is 0 Å². The first-order valence-corrected chi connectivity index (χ1v) is 10.5. The smallest absolute Gasteiger partial charge is 0.205 e. The lowest BCUT2D eigenvalue weighted by atomic mass is 10.0. The second-order valence-electron chi connectivity index (χ2n) is 6.58. The Morgan fingerprint density at radius 1 is 0.864 bits per heavy atom. The van der Waals surface area contributed by atoms with Crippen LogP contribution in [0.15, 0.2) is 0 Å². The molecule has 0 heterocycles. The highest BCUT2D eigenvalue weighted by molar-refractivity contribution is 8.14. The predicted molar refractivity (Wildman–Crippen MR) is 101 cm³/mol. The van der Waals surface area contributed by atoms with Crippen LogP contribution in [0.3, 0.4) is 0 Å². The molecule has 0 aliphatic heterocycles. The summed E-state index contributed by atoms with van der Waals surface area (Å²) < 4.78 is 0. The van der Waals surface area contributed by atoms with Crippen molar-refractivity contribution in [2.24, 2.45) is 5.73 Å². The molecule has 0 radical (unpaired) electrons. The Labute approximate surface area is 143 Å². The maximum absolute atomic E-state index is 11.7. The van der Waals surface area contributed by atoms with Crippen LogP contribution in [0.1, 0.15) is 104 Å². The van der Waals surface area contributed by atoms with E-state index in [0.29, 0.717) is 5.25 Å². The van der Waals surface area contributed by atoms with Gasteiger partial charge in [0, 0.05) is 5.25 Å². The van der Waals surface area contributed by atoms with Crippen molar-refractivity contribution in [3.63, 3.8) is 0 Å². The lowest BCUT2D eigenvalue weighted by Gasteiger charge is -2.14. The molecule has 0 aromatic carbocycles. The Morgan fingerprint density at radius 2 is 1.32 bits per heavy atom. The molecule has 3 heteroatoms. The molecule has 0 amide bonds. The van der Waals surface area contributed by atoms with Crippen molar-refractivity contribution in [1.82, 2.24) is 0 Å². The van der Waals surface area contributed by atoms with Gasteiger partial charge >= 0.3 is 0 Å². The van der Waals surface area contributed by atoms with E-state index >= 15 is 0 Å². The molecule has 2 N–H and O–H groups in total. The first kappa shape index (κ1) is 22.0. The second kappa shape index (κ2) is 15.9. The number of hydrogen-bond donors (Lipinski definition) is 1. The number of carbonyl (C=O) groups is 1. The third kappa shape index (κ3) is 13.6. The Hall–Kier alpha value is -0.0200. The average Bonchev–Trinajstić information content (AvgIpc) is 2.51. The van der Waals surface area contributed by atoms with Crippen LogP contribution in [0.5, 0.6) is 0 Å². The summed E-state index contributed by atoms with van der Waals surface area (Å²) in [7, 11) is 0. The first-order valence-electron chi connectivity index (χ1n) is 9.57. The minimum atomic E-state index is -0.323. The van der Waals surface area contributed by atoms with Gasteiger partial charge in [-0.1, -0.05) is 96.2 Å². The molecule has 0 fully saturated rings. The van der Waals surface area contributed by atoms with Gasteiger partial charge in [-0.15, -0.1) is 0 Å². The van der Waals surface area contributed by atoms with E-state index in [-0.39, 0.29) is 11.2 Å². The molecule has 0 saturated carbocycles. The number of rotatable bonds is 15. The van der Waals surface area contributed by atoms with Crippen LogP contribution >= 0.6 is 11.8 Å². The van der Waals surface area contributed by atoms with Crippen LogP contribution < -0.4 is 5.73 Å². The molecule has 132 valence electrons. The van der Waals surface area contributed by atoms with Gasteiger partial charge in [-0.3, -0.25) is 4.79 Å². The topological polar surface area (TPSA) is 43.1 Å². The molecule has 1 unspecified atom stereocenters. The summed E-state index contributed by atoms with van der Waals surface area (Å²) in [4.78, 5) is 11.7. The van der Waals surface area contributed by atoms with Crippen LogP contribution in [-0.4, -0.2) is 16.4 Å². The quantitative estimate of drug-likeness (QED) is 0.371. The van der Waals surface area contributed by atoms with Crippen molar-refractivity contribution in [3.05, 3.63) is 0 Å². The van der Waals surface area contributed by atoms with E-state index < -0.39 is 0 Å². The Bertz CT molecular complexity index is 256. The summed E-state index contributed by atoms with van der Waals surface area (Å²) in [5, 5.41) is 0.618. The van der Waals surface area contributed by atoms with Crippen LogP contribution in [0.2, 0.25) is 0 Å². The van der Waals surface area contributed by atoms with E-state index in [1.807, 2.05) is 0 Å². The summed E-state index contributed by atoms with van der Waals surface area (Å²) in [6.07, 6.45) is 17.4. The largest absolute Gasteiger partial charge is 0.321 e. The van der Waals surface area contributed by atoms with E-state index in [1.54, 1.807) is 6.92 Å². The average molecular weight is 330 g/mol. The van der Waals surface area contributed by atoms with Gasteiger partial charge in [0.2, 0.25) is 5.12 Å². The van der Waals surface area contributed by atoms with Gasteiger partial charge < -0.3 is 5.73 Å². The van der Waals surface area contributed by atoms with Gasteiger partial charge in [0.25, 0.3) is 0 Å². The molecular formula is C19H39NOS. The molecule has 2 nitrogen and oxygen atoms in total. The molecule has 2 atom stereocenters. The van der Waals surface area contributed by atoms with Crippen molar-refractivity contribution in [3.8, 4) is 0 Å². The zero-order chi connectivity index (χ0) is 16.6. The molecule has 0 aliphatic rings. The summed E-state index contributed by atoms with van der Waals surface area (Å²) >= 11 is 1.47. The van der Waals surface area contributed by atoms with Gasteiger partial charge in [0.15, 0.2) is 0 Å². The van der Waals surface area contributed by atoms with Gasteiger partial charge in [-0.05, 0) is 19.8 Å². The number of unbranched alkanes of at least 4 members (excludes halogenated alkanes) is 10. The maximum Gasteiger partial charge on any atom is 0.205 e. The molecule has 0 aromatic heterocycles. The van der Waals surface area contributed by atoms with Crippen molar-refractivity contribution >= 4 is 16.9 Å². The molecule has 22 heavy (non-hydrogen) atoms. The summed E-state index contributed by atoms with van der Waals surface area (Å²) in [5.41, 5.74) is 5.63. The fourth-order valence-electron chi connectivity index (χ4n) is 2.65. The molecule has 0 bridgehead atoms. The van der Waals surface area contributed by atoms with Gasteiger partial charge in [-0.25, -0.2) is 0 Å². The number of carbonyl (C=O) groups excluding carboxylic acids is 1. The molecular weight excluding hydrogens is 290 g/mol. The minimum absolute atomic E-state index is 0.148.